The first-order chi connectivity index (χ1) is 17.3. The van der Waals surface area contributed by atoms with Crippen LogP contribution in [0.4, 0.5) is 13.2 Å². The number of rotatable bonds is 5. The molecule has 5 rings (SSSR count). The molecule has 1 aliphatic heterocycles. The predicted molar refractivity (Wildman–Crippen MR) is 123 cm³/mol. The summed E-state index contributed by atoms with van der Waals surface area (Å²) in [7, 11) is 0. The average Bonchev–Trinajstić information content (AvgIpc) is 3.51. The van der Waals surface area contributed by atoms with Crippen LogP contribution in [0.25, 0.3) is 28.6 Å². The second kappa shape index (κ2) is 9.03. The Hall–Kier alpha value is -3.10. The maximum absolute atomic E-state index is 13.1. The van der Waals surface area contributed by atoms with Crippen LogP contribution in [0.5, 0.6) is 5.75 Å². The summed E-state index contributed by atoms with van der Waals surface area (Å²) in [4.78, 5) is 19.9. The lowest BCUT2D eigenvalue weighted by atomic mass is 10.1. The molecule has 16 heteroatoms. The highest BCUT2D eigenvalue weighted by Crippen LogP contribution is 2.38. The number of carbonyl (C=O) groups is 1. The van der Waals surface area contributed by atoms with Crippen LogP contribution in [0.1, 0.15) is 12.0 Å². The van der Waals surface area contributed by atoms with Gasteiger partial charge in [0, 0.05) is 24.9 Å². The summed E-state index contributed by atoms with van der Waals surface area (Å²) in [5.41, 5.74) is -0.552. The van der Waals surface area contributed by atoms with E-state index in [9.17, 15) is 28.2 Å². The van der Waals surface area contributed by atoms with Crippen molar-refractivity contribution in [2.75, 3.05) is 6.61 Å². The summed E-state index contributed by atoms with van der Waals surface area (Å²) in [6.07, 6.45) is -2.76. The van der Waals surface area contributed by atoms with E-state index in [1.165, 1.54) is 18.3 Å². The number of ether oxygens (including phenoxy) is 1. The number of amides is 1. The van der Waals surface area contributed by atoms with Gasteiger partial charge in [-0.25, -0.2) is 4.98 Å². The first-order valence-corrected chi connectivity index (χ1v) is 11.4. The third-order valence-corrected chi connectivity index (χ3v) is 6.30. The average molecular weight is 579 g/mol. The van der Waals surface area contributed by atoms with Gasteiger partial charge in [0.1, 0.15) is 18.1 Å². The second-order valence-electron chi connectivity index (χ2n) is 8.12. The van der Waals surface area contributed by atoms with Crippen LogP contribution >= 0.6 is 34.8 Å². The largest absolute Gasteiger partial charge is 0.490 e. The molecule has 37 heavy (non-hydrogen) atoms. The number of pyridine rings is 1. The first kappa shape index (κ1) is 25.5. The van der Waals surface area contributed by atoms with E-state index in [1.807, 2.05) is 0 Å². The number of hydrogen-bond acceptors (Lipinski definition) is 8. The molecule has 4 heterocycles. The summed E-state index contributed by atoms with van der Waals surface area (Å²) in [6.45, 7) is -0.110. The molecule has 10 nitrogen and oxygen atoms in total. The third-order valence-electron chi connectivity index (χ3n) is 5.41. The van der Waals surface area contributed by atoms with Crippen molar-refractivity contribution < 1.29 is 37.4 Å². The molecule has 1 amide bonds. The highest BCUT2D eigenvalue weighted by Gasteiger charge is 2.44. The molecular weight excluding hydrogens is 566 g/mol. The molecular formula is C21H13Cl3F3N5O5. The van der Waals surface area contributed by atoms with Crippen molar-refractivity contribution in [2.45, 2.75) is 24.4 Å². The van der Waals surface area contributed by atoms with E-state index in [1.54, 1.807) is 0 Å². The molecule has 1 aromatic carbocycles. The Morgan fingerprint density at radius 3 is 2.57 bits per heavy atom. The molecule has 0 radical (unpaired) electrons. The Kier molecular flexibility index (Phi) is 6.23. The highest BCUT2D eigenvalue weighted by atomic mass is 35.5. The number of nitrogens with zero attached hydrogens (tertiary/aromatic N) is 4. The van der Waals surface area contributed by atoms with Gasteiger partial charge in [-0.2, -0.15) is 18.2 Å². The number of alkyl halides is 3. The molecule has 0 aliphatic carbocycles. The normalized spacial score (nSPS) is 17.4. The topological polar surface area (TPSA) is 135 Å². The number of aliphatic hydroxyl groups is 2. The Morgan fingerprint density at radius 2 is 1.89 bits per heavy atom. The van der Waals surface area contributed by atoms with Gasteiger partial charge in [0.25, 0.3) is 11.8 Å². The zero-order chi connectivity index (χ0) is 26.7. The van der Waals surface area contributed by atoms with Crippen LogP contribution in [-0.2, 0) is 11.0 Å². The number of aromatic nitrogens is 4. The van der Waals surface area contributed by atoms with E-state index in [4.69, 9.17) is 44.1 Å². The van der Waals surface area contributed by atoms with Crippen molar-refractivity contribution in [2.24, 2.45) is 0 Å². The summed E-state index contributed by atoms with van der Waals surface area (Å²) in [5, 5.41) is 25.3. The van der Waals surface area contributed by atoms with E-state index in [0.29, 0.717) is 0 Å². The van der Waals surface area contributed by atoms with Crippen molar-refractivity contribution in [1.82, 2.24) is 24.8 Å². The molecule has 3 N–H and O–H groups in total. The number of benzene rings is 1. The number of carbonyl (C=O) groups excluding carboxylic acids is 1. The zero-order valence-electron chi connectivity index (χ0n) is 18.1. The lowest BCUT2D eigenvalue weighted by molar-refractivity contribution is -0.176. The van der Waals surface area contributed by atoms with E-state index in [-0.39, 0.29) is 62.5 Å². The van der Waals surface area contributed by atoms with Crippen LogP contribution in [0.15, 0.2) is 35.1 Å². The van der Waals surface area contributed by atoms with Gasteiger partial charge in [0.05, 0.1) is 32.2 Å². The molecule has 1 atom stereocenters. The molecule has 1 saturated heterocycles. The van der Waals surface area contributed by atoms with Gasteiger partial charge in [-0.05, 0) is 12.1 Å². The first-order valence-electron chi connectivity index (χ1n) is 10.3. The van der Waals surface area contributed by atoms with Gasteiger partial charge in [-0.3, -0.25) is 4.79 Å². The monoisotopic (exact) mass is 577 g/mol. The molecule has 3 aromatic heterocycles. The van der Waals surface area contributed by atoms with Gasteiger partial charge in [-0.1, -0.05) is 40.0 Å². The minimum atomic E-state index is -4.60. The number of hydrogen-bond donors (Lipinski definition) is 3. The Balaban J connectivity index is 1.37. The van der Waals surface area contributed by atoms with E-state index >= 15 is 0 Å². The van der Waals surface area contributed by atoms with Crippen LogP contribution in [0, 0.1) is 0 Å². The fraction of sp³-hybridized carbons (Fsp3) is 0.238. The smallest absolute Gasteiger partial charge is 0.417 e. The van der Waals surface area contributed by atoms with Gasteiger partial charge >= 0.3 is 6.18 Å². The second-order valence-corrected chi connectivity index (χ2v) is 9.34. The van der Waals surface area contributed by atoms with Crippen molar-refractivity contribution in [1.29, 1.82) is 0 Å². The number of halogens is 6. The number of imidazole rings is 1. The quantitative estimate of drug-likeness (QED) is 0.303. The molecule has 194 valence electrons. The van der Waals surface area contributed by atoms with E-state index < -0.39 is 29.5 Å². The minimum absolute atomic E-state index is 0.0377. The summed E-state index contributed by atoms with van der Waals surface area (Å²) in [5.74, 6) is -3.35. The SMILES string of the molecule is O=C1NC(COc2cc(Cl)c(-c3nc(-c4cn5cc(C(F)(F)F)cc(Cl)c5n4)no3)cc2Cl)CC1(O)O. The minimum Gasteiger partial charge on any atom is -0.490 e. The number of fused-ring (bicyclic) bond motifs is 1. The summed E-state index contributed by atoms with van der Waals surface area (Å²) < 4.78 is 51.2. The lowest BCUT2D eigenvalue weighted by Crippen LogP contribution is -2.37. The molecule has 1 fully saturated rings. The van der Waals surface area contributed by atoms with Crippen molar-refractivity contribution in [3.8, 4) is 28.7 Å². The third kappa shape index (κ3) is 4.92. The predicted octanol–water partition coefficient (Wildman–Crippen LogP) is 3.98. The Morgan fingerprint density at radius 1 is 1.14 bits per heavy atom. The Bertz CT molecular complexity index is 1540. The van der Waals surface area contributed by atoms with Crippen molar-refractivity contribution >= 4 is 46.4 Å². The standard InChI is InChI=1S/C21H13Cl3F3N5O5/c22-11-3-15(36-7-9-4-20(34,35)19(33)28-9)12(23)2-10(11)18-30-16(31-37-18)14-6-32-5-8(21(25,26)27)1-13(24)17(32)29-14/h1-3,5-6,9,34-35H,4,7H2,(H,28,33). The maximum atomic E-state index is 13.1. The summed E-state index contributed by atoms with van der Waals surface area (Å²) >= 11 is 18.6. The molecule has 1 aliphatic rings. The van der Waals surface area contributed by atoms with Crippen LogP contribution < -0.4 is 10.1 Å². The molecule has 1 unspecified atom stereocenters. The fourth-order valence-electron chi connectivity index (χ4n) is 3.64. The van der Waals surface area contributed by atoms with Crippen molar-refractivity contribution in [3.05, 3.63) is 51.2 Å². The van der Waals surface area contributed by atoms with Crippen LogP contribution in [-0.4, -0.2) is 54.1 Å². The van der Waals surface area contributed by atoms with Gasteiger partial charge in [0.2, 0.25) is 11.6 Å². The van der Waals surface area contributed by atoms with Crippen LogP contribution in [0.2, 0.25) is 15.1 Å². The molecule has 4 aromatic rings. The summed E-state index contributed by atoms with van der Waals surface area (Å²) in [6, 6.07) is 2.86. The van der Waals surface area contributed by atoms with Gasteiger partial charge in [-0.15, -0.1) is 0 Å². The van der Waals surface area contributed by atoms with Gasteiger partial charge in [0.15, 0.2) is 5.65 Å². The van der Waals surface area contributed by atoms with Crippen LogP contribution in [0.3, 0.4) is 0 Å². The molecule has 0 saturated carbocycles. The highest BCUT2D eigenvalue weighted by molar-refractivity contribution is 6.36. The fourth-order valence-corrected chi connectivity index (χ4v) is 4.35. The van der Waals surface area contributed by atoms with Gasteiger partial charge < -0.3 is 29.2 Å². The Labute approximate surface area is 219 Å². The maximum Gasteiger partial charge on any atom is 0.417 e. The molecule has 0 bridgehead atoms. The van der Waals surface area contributed by atoms with E-state index in [0.717, 1.165) is 16.7 Å². The van der Waals surface area contributed by atoms with Crippen molar-refractivity contribution in [3.63, 3.8) is 0 Å². The number of nitrogens with one attached hydrogen (secondary N) is 1. The zero-order valence-corrected chi connectivity index (χ0v) is 20.3. The molecule has 0 spiro atoms. The van der Waals surface area contributed by atoms with E-state index in [2.05, 4.69) is 20.4 Å². The lowest BCUT2D eigenvalue weighted by Gasteiger charge is -2.14.